The number of piperidine rings is 1. The Bertz CT molecular complexity index is 764. The Kier molecular flexibility index (Phi) is 5.99. The lowest BCUT2D eigenvalue weighted by Gasteiger charge is -2.46. The molecule has 0 saturated carbocycles. The molecule has 2 aliphatic heterocycles. The van der Waals surface area contributed by atoms with Gasteiger partial charge >= 0.3 is 0 Å². The fourth-order valence-electron chi connectivity index (χ4n) is 4.19. The van der Waals surface area contributed by atoms with Gasteiger partial charge in [-0.05, 0) is 37.0 Å². The molecule has 3 N–H and O–H groups in total. The van der Waals surface area contributed by atoms with Crippen LogP contribution in [0, 0.1) is 0 Å². The molecule has 1 aromatic carbocycles. The lowest BCUT2D eigenvalue weighted by molar-refractivity contribution is -0.0885. The monoisotopic (exact) mass is 408 g/mol. The van der Waals surface area contributed by atoms with Gasteiger partial charge in [-0.2, -0.15) is 4.98 Å². The highest BCUT2D eigenvalue weighted by molar-refractivity contribution is 6.30. The smallest absolute Gasteiger partial charge is 0.246 e. The molecule has 0 bridgehead atoms. The zero-order valence-corrected chi connectivity index (χ0v) is 16.5. The van der Waals surface area contributed by atoms with Crippen LogP contribution in [0.4, 0.5) is 16.3 Å². The van der Waals surface area contributed by atoms with Crippen LogP contribution in [0.15, 0.2) is 24.3 Å². The summed E-state index contributed by atoms with van der Waals surface area (Å²) in [6.45, 7) is 2.45. The van der Waals surface area contributed by atoms with Gasteiger partial charge in [-0.25, -0.2) is 9.49 Å². The van der Waals surface area contributed by atoms with Crippen molar-refractivity contribution in [2.45, 2.75) is 37.5 Å². The number of nitrogens with one attached hydrogen (secondary N) is 1. The number of hydrogen-bond acceptors (Lipinski definition) is 6. The summed E-state index contributed by atoms with van der Waals surface area (Å²) in [6, 6.07) is 8.56. The first-order valence-electron chi connectivity index (χ1n) is 9.73. The Morgan fingerprint density at radius 2 is 2.00 bits per heavy atom. The van der Waals surface area contributed by atoms with E-state index >= 15 is 0 Å². The Labute approximate surface area is 169 Å². The van der Waals surface area contributed by atoms with E-state index < -0.39 is 6.67 Å². The van der Waals surface area contributed by atoms with E-state index in [0.717, 1.165) is 37.4 Å². The number of nitrogens with two attached hydrogens (primary N) is 1. The standard InChI is InChI=1S/C19H26ClFN6O/c20-14-3-1-13(2-4-14)9-16-12-28-17(10-21)11-27(16)15-5-7-26(8-6-15)19-23-18(22)24-25-19/h1-4,15-17H,5-12H2,(H3,22,23,24,25)/t16-,17-/m0/s1. The third-order valence-electron chi connectivity index (χ3n) is 5.67. The highest BCUT2D eigenvalue weighted by Crippen LogP contribution is 2.26. The first-order valence-corrected chi connectivity index (χ1v) is 10.1. The number of nitrogens with zero attached hydrogens (tertiary/aromatic N) is 4. The molecule has 0 radical (unpaired) electrons. The molecule has 2 aliphatic rings. The van der Waals surface area contributed by atoms with Crippen LogP contribution in [0.5, 0.6) is 0 Å². The first-order chi connectivity index (χ1) is 13.6. The number of halogens is 2. The minimum Gasteiger partial charge on any atom is -0.373 e. The molecule has 4 rings (SSSR count). The quantitative estimate of drug-likeness (QED) is 0.789. The minimum absolute atomic E-state index is 0.236. The van der Waals surface area contributed by atoms with E-state index in [1.165, 1.54) is 5.56 Å². The number of anilines is 2. The van der Waals surface area contributed by atoms with Crippen LogP contribution in [0.3, 0.4) is 0 Å². The lowest BCUT2D eigenvalue weighted by Crippen LogP contribution is -2.57. The molecule has 152 valence electrons. The molecular formula is C19H26ClFN6O. The van der Waals surface area contributed by atoms with Gasteiger partial charge in [0.25, 0.3) is 0 Å². The Balaban J connectivity index is 1.42. The number of ether oxygens (including phenoxy) is 1. The summed E-state index contributed by atoms with van der Waals surface area (Å²) in [5.41, 5.74) is 6.86. The Morgan fingerprint density at radius 1 is 1.25 bits per heavy atom. The van der Waals surface area contributed by atoms with E-state index in [2.05, 4.69) is 37.1 Å². The summed E-state index contributed by atoms with van der Waals surface area (Å²) in [4.78, 5) is 8.81. The summed E-state index contributed by atoms with van der Waals surface area (Å²) < 4.78 is 19.1. The summed E-state index contributed by atoms with van der Waals surface area (Å²) in [5, 5.41) is 7.57. The minimum atomic E-state index is -0.445. The van der Waals surface area contributed by atoms with Crippen molar-refractivity contribution in [2.75, 3.05) is 43.5 Å². The lowest BCUT2D eigenvalue weighted by atomic mass is 9.96. The van der Waals surface area contributed by atoms with Crippen molar-refractivity contribution < 1.29 is 9.13 Å². The second kappa shape index (κ2) is 8.63. The maximum absolute atomic E-state index is 13.3. The van der Waals surface area contributed by atoms with E-state index in [1.807, 2.05) is 12.1 Å². The van der Waals surface area contributed by atoms with Crippen LogP contribution in [0.2, 0.25) is 5.02 Å². The topological polar surface area (TPSA) is 83.3 Å². The van der Waals surface area contributed by atoms with Crippen molar-refractivity contribution in [2.24, 2.45) is 0 Å². The molecule has 0 amide bonds. The van der Waals surface area contributed by atoms with Crippen molar-refractivity contribution in [1.82, 2.24) is 20.1 Å². The van der Waals surface area contributed by atoms with E-state index in [4.69, 9.17) is 22.1 Å². The Hall–Kier alpha value is -1.90. The highest BCUT2D eigenvalue weighted by atomic mass is 35.5. The third kappa shape index (κ3) is 4.39. The van der Waals surface area contributed by atoms with Gasteiger partial charge in [-0.3, -0.25) is 4.90 Å². The molecule has 3 heterocycles. The first kappa shape index (κ1) is 19.4. The van der Waals surface area contributed by atoms with Gasteiger partial charge < -0.3 is 15.4 Å². The van der Waals surface area contributed by atoms with Gasteiger partial charge in [0.1, 0.15) is 6.67 Å². The van der Waals surface area contributed by atoms with Crippen LogP contribution in [-0.4, -0.2) is 71.2 Å². The molecule has 28 heavy (non-hydrogen) atoms. The molecule has 2 saturated heterocycles. The molecule has 2 fully saturated rings. The normalized spacial score (nSPS) is 24.6. The van der Waals surface area contributed by atoms with Gasteiger partial charge in [0.15, 0.2) is 0 Å². The molecule has 0 unspecified atom stereocenters. The summed E-state index contributed by atoms with van der Waals surface area (Å²) in [6.07, 6.45) is 2.48. The second-order valence-electron chi connectivity index (χ2n) is 7.53. The van der Waals surface area contributed by atoms with Crippen molar-refractivity contribution in [3.05, 3.63) is 34.9 Å². The predicted octanol–water partition coefficient (Wildman–Crippen LogP) is 2.29. The highest BCUT2D eigenvalue weighted by Gasteiger charge is 2.35. The number of aromatic nitrogens is 3. The SMILES string of the molecule is Nc1nc(N2CCC(N3C[C@H](CF)OC[C@@H]3Cc3ccc(Cl)cc3)CC2)n[nH]1. The van der Waals surface area contributed by atoms with E-state index in [9.17, 15) is 4.39 Å². The molecular weight excluding hydrogens is 383 g/mol. The number of benzene rings is 1. The largest absolute Gasteiger partial charge is 0.373 e. The fourth-order valence-corrected chi connectivity index (χ4v) is 4.32. The predicted molar refractivity (Wildman–Crippen MR) is 107 cm³/mol. The number of morpholine rings is 1. The van der Waals surface area contributed by atoms with Gasteiger partial charge in [0.05, 0.1) is 12.7 Å². The van der Waals surface area contributed by atoms with Crippen molar-refractivity contribution in [1.29, 1.82) is 0 Å². The van der Waals surface area contributed by atoms with Crippen molar-refractivity contribution in [3.63, 3.8) is 0 Å². The molecule has 1 aromatic heterocycles. The number of aromatic amines is 1. The molecule has 9 heteroatoms. The molecule has 0 aliphatic carbocycles. The van der Waals surface area contributed by atoms with Crippen LogP contribution in [-0.2, 0) is 11.2 Å². The number of hydrogen-bond donors (Lipinski definition) is 2. The van der Waals surface area contributed by atoms with Gasteiger partial charge in [0.2, 0.25) is 11.9 Å². The van der Waals surface area contributed by atoms with Gasteiger partial charge in [0, 0.05) is 36.7 Å². The average molecular weight is 409 g/mol. The summed E-state index contributed by atoms with van der Waals surface area (Å²) in [5.74, 6) is 0.983. The number of alkyl halides is 1. The molecule has 2 aromatic rings. The van der Waals surface area contributed by atoms with Crippen LogP contribution >= 0.6 is 11.6 Å². The van der Waals surface area contributed by atoms with E-state index in [-0.39, 0.29) is 12.1 Å². The maximum atomic E-state index is 13.3. The summed E-state index contributed by atoms with van der Waals surface area (Å²) >= 11 is 6.01. The molecule has 2 atom stereocenters. The van der Waals surface area contributed by atoms with Crippen molar-refractivity contribution in [3.8, 4) is 0 Å². The van der Waals surface area contributed by atoms with E-state index in [0.29, 0.717) is 31.1 Å². The van der Waals surface area contributed by atoms with Crippen LogP contribution in [0.1, 0.15) is 18.4 Å². The zero-order chi connectivity index (χ0) is 19.5. The van der Waals surface area contributed by atoms with Gasteiger partial charge in [-0.15, -0.1) is 5.10 Å². The number of nitrogen functional groups attached to an aromatic ring is 1. The zero-order valence-electron chi connectivity index (χ0n) is 15.7. The average Bonchev–Trinajstić information content (AvgIpc) is 3.16. The Morgan fingerprint density at radius 3 is 2.64 bits per heavy atom. The van der Waals surface area contributed by atoms with Crippen LogP contribution in [0.25, 0.3) is 0 Å². The van der Waals surface area contributed by atoms with Gasteiger partial charge in [-0.1, -0.05) is 23.7 Å². The third-order valence-corrected chi connectivity index (χ3v) is 5.92. The van der Waals surface area contributed by atoms with Crippen molar-refractivity contribution >= 4 is 23.5 Å². The van der Waals surface area contributed by atoms with Crippen LogP contribution < -0.4 is 10.6 Å². The molecule has 7 nitrogen and oxygen atoms in total. The number of rotatable bonds is 5. The second-order valence-corrected chi connectivity index (χ2v) is 7.97. The van der Waals surface area contributed by atoms with E-state index in [1.54, 1.807) is 0 Å². The summed E-state index contributed by atoms with van der Waals surface area (Å²) in [7, 11) is 0. The number of H-pyrrole nitrogens is 1. The fraction of sp³-hybridized carbons (Fsp3) is 0.579. The molecule has 0 spiro atoms. The maximum Gasteiger partial charge on any atom is 0.246 e.